The third kappa shape index (κ3) is 5.35. The van der Waals surface area contributed by atoms with Gasteiger partial charge in [-0.3, -0.25) is 9.59 Å². The number of nitrogens with one attached hydrogen (secondary N) is 1. The minimum atomic E-state index is -0.572. The van der Waals surface area contributed by atoms with Gasteiger partial charge in [0.15, 0.2) is 6.61 Å². The lowest BCUT2D eigenvalue weighted by Crippen LogP contribution is -2.32. The summed E-state index contributed by atoms with van der Waals surface area (Å²) in [7, 11) is 0. The van der Waals surface area contributed by atoms with E-state index >= 15 is 0 Å². The Bertz CT molecular complexity index is 960. The summed E-state index contributed by atoms with van der Waals surface area (Å²) in [5.41, 5.74) is 5.06. The van der Waals surface area contributed by atoms with E-state index in [1.54, 1.807) is 0 Å². The molecule has 3 aromatic carbocycles. The highest BCUT2D eigenvalue weighted by Crippen LogP contribution is 2.26. The summed E-state index contributed by atoms with van der Waals surface area (Å²) >= 11 is 0. The number of rotatable bonds is 7. The van der Waals surface area contributed by atoms with Crippen LogP contribution < -0.4 is 5.32 Å². The smallest absolute Gasteiger partial charge is 0.318 e. The lowest BCUT2D eigenvalue weighted by atomic mass is 9.91. The molecule has 0 saturated heterocycles. The number of amides is 1. The van der Waals surface area contributed by atoms with Crippen LogP contribution in [0.4, 0.5) is 0 Å². The summed E-state index contributed by atoms with van der Waals surface area (Å²) < 4.78 is 5.40. The Balaban J connectivity index is 1.65. The van der Waals surface area contributed by atoms with Crippen molar-refractivity contribution in [2.45, 2.75) is 32.7 Å². The minimum Gasteiger partial charge on any atom is -0.455 e. The van der Waals surface area contributed by atoms with Crippen LogP contribution in [0, 0.1) is 13.8 Å². The number of carbonyl (C=O) groups is 2. The van der Waals surface area contributed by atoms with Crippen molar-refractivity contribution in [3.63, 3.8) is 0 Å². The van der Waals surface area contributed by atoms with Gasteiger partial charge in [-0.2, -0.15) is 0 Å². The molecule has 0 heterocycles. The van der Waals surface area contributed by atoms with Crippen molar-refractivity contribution in [1.82, 2.24) is 5.32 Å². The molecule has 0 spiro atoms. The van der Waals surface area contributed by atoms with Gasteiger partial charge in [0.1, 0.15) is 5.92 Å². The van der Waals surface area contributed by atoms with Gasteiger partial charge in [-0.25, -0.2) is 0 Å². The number of aryl methyl sites for hydroxylation is 2. The molecule has 3 rings (SSSR count). The van der Waals surface area contributed by atoms with Crippen molar-refractivity contribution >= 4 is 11.9 Å². The van der Waals surface area contributed by atoms with Gasteiger partial charge in [-0.05, 0) is 48.6 Å². The summed E-state index contributed by atoms with van der Waals surface area (Å²) in [4.78, 5) is 25.3. The van der Waals surface area contributed by atoms with Crippen LogP contribution in [-0.2, 0) is 14.3 Å². The van der Waals surface area contributed by atoms with Gasteiger partial charge in [-0.15, -0.1) is 0 Å². The molecule has 0 fully saturated rings. The third-order valence-corrected chi connectivity index (χ3v) is 5.26. The molecule has 0 bridgehead atoms. The largest absolute Gasteiger partial charge is 0.455 e. The number of hydrogen-bond acceptors (Lipinski definition) is 3. The van der Waals surface area contributed by atoms with Gasteiger partial charge in [-0.1, -0.05) is 78.9 Å². The van der Waals surface area contributed by atoms with Crippen molar-refractivity contribution in [2.24, 2.45) is 0 Å². The standard InChI is InChI=1S/C26H27NO3/c1-18-14-15-23(16-19(18)2)20(3)27-24(28)17-30-26(29)25(21-10-6-4-7-11-21)22-12-8-5-9-13-22/h4-16,20,25H,17H2,1-3H3,(H,27,28)/t20-/m0/s1. The quantitative estimate of drug-likeness (QED) is 0.576. The Morgan fingerprint density at radius 1 is 0.800 bits per heavy atom. The van der Waals surface area contributed by atoms with Crippen LogP contribution in [0.2, 0.25) is 0 Å². The molecule has 0 saturated carbocycles. The molecule has 1 amide bonds. The average Bonchev–Trinajstić information content (AvgIpc) is 2.76. The number of benzene rings is 3. The van der Waals surface area contributed by atoms with Crippen molar-refractivity contribution in [3.8, 4) is 0 Å². The first-order valence-corrected chi connectivity index (χ1v) is 10.1. The Hall–Kier alpha value is -3.40. The molecule has 1 atom stereocenters. The molecular formula is C26H27NO3. The molecule has 0 aliphatic carbocycles. The van der Waals surface area contributed by atoms with Crippen LogP contribution in [0.5, 0.6) is 0 Å². The topological polar surface area (TPSA) is 55.4 Å². The van der Waals surface area contributed by atoms with Crippen molar-refractivity contribution < 1.29 is 14.3 Å². The second-order valence-electron chi connectivity index (χ2n) is 7.49. The third-order valence-electron chi connectivity index (χ3n) is 5.26. The molecule has 0 radical (unpaired) electrons. The summed E-state index contributed by atoms with van der Waals surface area (Å²) in [6, 6.07) is 24.8. The fourth-order valence-electron chi connectivity index (χ4n) is 3.38. The molecule has 154 valence electrons. The zero-order chi connectivity index (χ0) is 21.5. The summed E-state index contributed by atoms with van der Waals surface area (Å²) in [6.45, 7) is 5.70. The van der Waals surface area contributed by atoms with E-state index in [9.17, 15) is 9.59 Å². The summed E-state index contributed by atoms with van der Waals surface area (Å²) in [5.74, 6) is -1.34. The maximum atomic E-state index is 12.9. The van der Waals surface area contributed by atoms with Crippen LogP contribution in [0.1, 0.15) is 46.7 Å². The predicted octanol–water partition coefficient (Wildman–Crippen LogP) is 4.86. The maximum absolute atomic E-state index is 12.9. The van der Waals surface area contributed by atoms with Crippen molar-refractivity contribution in [2.75, 3.05) is 6.61 Å². The second kappa shape index (κ2) is 9.88. The number of carbonyl (C=O) groups excluding carboxylic acids is 2. The Labute approximate surface area is 177 Å². The fourth-order valence-corrected chi connectivity index (χ4v) is 3.38. The monoisotopic (exact) mass is 401 g/mol. The second-order valence-corrected chi connectivity index (χ2v) is 7.49. The van der Waals surface area contributed by atoms with E-state index in [4.69, 9.17) is 4.74 Å². The number of esters is 1. The van der Waals surface area contributed by atoms with Crippen molar-refractivity contribution in [3.05, 3.63) is 107 Å². The first-order chi connectivity index (χ1) is 14.5. The lowest BCUT2D eigenvalue weighted by molar-refractivity contribution is -0.149. The van der Waals surface area contributed by atoms with E-state index in [1.165, 1.54) is 11.1 Å². The first kappa shape index (κ1) is 21.3. The van der Waals surface area contributed by atoms with Gasteiger partial charge in [0.05, 0.1) is 6.04 Å². The number of ether oxygens (including phenoxy) is 1. The molecule has 4 heteroatoms. The minimum absolute atomic E-state index is 0.172. The van der Waals surface area contributed by atoms with Gasteiger partial charge in [0.2, 0.25) is 0 Å². The van der Waals surface area contributed by atoms with Crippen LogP contribution in [-0.4, -0.2) is 18.5 Å². The molecule has 0 aromatic heterocycles. The predicted molar refractivity (Wildman–Crippen MR) is 118 cm³/mol. The maximum Gasteiger partial charge on any atom is 0.318 e. The molecule has 1 N–H and O–H groups in total. The van der Waals surface area contributed by atoms with Gasteiger partial charge >= 0.3 is 5.97 Å². The van der Waals surface area contributed by atoms with Crippen LogP contribution in [0.3, 0.4) is 0 Å². The van der Waals surface area contributed by atoms with Crippen LogP contribution in [0.25, 0.3) is 0 Å². The zero-order valence-electron chi connectivity index (χ0n) is 17.6. The Morgan fingerprint density at radius 3 is 1.90 bits per heavy atom. The van der Waals surface area contributed by atoms with Crippen molar-refractivity contribution in [1.29, 1.82) is 0 Å². The van der Waals surface area contributed by atoms with Gasteiger partial charge < -0.3 is 10.1 Å². The molecule has 30 heavy (non-hydrogen) atoms. The molecule has 3 aromatic rings. The van der Waals surface area contributed by atoms with E-state index < -0.39 is 11.9 Å². The highest BCUT2D eigenvalue weighted by atomic mass is 16.5. The molecule has 0 aliphatic rings. The summed E-state index contributed by atoms with van der Waals surface area (Å²) in [5, 5.41) is 2.90. The van der Waals surface area contributed by atoms with E-state index in [1.807, 2.05) is 86.6 Å². The van der Waals surface area contributed by atoms with E-state index in [2.05, 4.69) is 18.3 Å². The highest BCUT2D eigenvalue weighted by molar-refractivity contribution is 5.85. The van der Waals surface area contributed by atoms with E-state index in [0.29, 0.717) is 0 Å². The molecule has 4 nitrogen and oxygen atoms in total. The highest BCUT2D eigenvalue weighted by Gasteiger charge is 2.25. The molecular weight excluding hydrogens is 374 g/mol. The first-order valence-electron chi connectivity index (χ1n) is 10.1. The van der Waals surface area contributed by atoms with Gasteiger partial charge in [0.25, 0.3) is 5.91 Å². The fraction of sp³-hybridized carbons (Fsp3) is 0.231. The normalized spacial score (nSPS) is 11.7. The average molecular weight is 402 g/mol. The Kier molecular flexibility index (Phi) is 7.02. The number of hydrogen-bond donors (Lipinski definition) is 1. The van der Waals surface area contributed by atoms with Crippen LogP contribution >= 0.6 is 0 Å². The Morgan fingerprint density at radius 2 is 1.37 bits per heavy atom. The zero-order valence-corrected chi connectivity index (χ0v) is 17.6. The molecule has 0 unspecified atom stereocenters. The lowest BCUT2D eigenvalue weighted by Gasteiger charge is -2.18. The van der Waals surface area contributed by atoms with Crippen LogP contribution in [0.15, 0.2) is 78.9 Å². The molecule has 0 aliphatic heterocycles. The summed E-state index contributed by atoms with van der Waals surface area (Å²) in [6.07, 6.45) is 0. The van der Waals surface area contributed by atoms with Gasteiger partial charge in [0, 0.05) is 0 Å². The SMILES string of the molecule is Cc1ccc([C@H](C)NC(=O)COC(=O)C(c2ccccc2)c2ccccc2)cc1C. The van der Waals surface area contributed by atoms with E-state index in [0.717, 1.165) is 16.7 Å². The van der Waals surface area contributed by atoms with E-state index in [-0.39, 0.29) is 18.6 Å².